The quantitative estimate of drug-likeness (QED) is 0.350. The fraction of sp³-hybridized carbons (Fsp3) is 0.0476. The minimum atomic E-state index is -0.620. The Morgan fingerprint density at radius 1 is 1.07 bits per heavy atom. The number of tetrazole rings is 1. The fourth-order valence-corrected chi connectivity index (χ4v) is 2.85. The van der Waals surface area contributed by atoms with Gasteiger partial charge in [0.25, 0.3) is 0 Å². The summed E-state index contributed by atoms with van der Waals surface area (Å²) in [6.45, 7) is 0.0107. The van der Waals surface area contributed by atoms with Crippen molar-refractivity contribution in [2.45, 2.75) is 6.61 Å². The predicted octanol–water partition coefficient (Wildman–Crippen LogP) is 4.33. The Bertz CT molecular complexity index is 1140. The highest BCUT2D eigenvalue weighted by Crippen LogP contribution is 2.22. The third-order valence-electron chi connectivity index (χ3n) is 4.08. The largest absolute Gasteiger partial charge is 0.465 e. The number of aromatic nitrogens is 4. The minimum Gasteiger partial charge on any atom is -0.465 e. The molecule has 0 aliphatic carbocycles. The molecule has 0 atom stereocenters. The molecule has 29 heavy (non-hydrogen) atoms. The monoisotopic (exact) mass is 406 g/mol. The zero-order valence-corrected chi connectivity index (χ0v) is 15.9. The number of halogens is 1. The first-order chi connectivity index (χ1) is 14.2. The topological polar surface area (TPSA) is 83.0 Å². The molecule has 0 fully saturated rings. The van der Waals surface area contributed by atoms with Crippen molar-refractivity contribution >= 4 is 29.3 Å². The smallest absolute Gasteiger partial charge is 0.357 e. The molecule has 7 nitrogen and oxygen atoms in total. The van der Waals surface area contributed by atoms with Crippen LogP contribution < -0.4 is 0 Å². The lowest BCUT2D eigenvalue weighted by molar-refractivity contribution is -0.138. The summed E-state index contributed by atoms with van der Waals surface area (Å²) < 4.78 is 12.2. The van der Waals surface area contributed by atoms with Crippen molar-refractivity contribution in [1.82, 2.24) is 20.2 Å². The average molecular weight is 407 g/mol. The molecule has 8 heteroatoms. The number of furan rings is 1. The summed E-state index contributed by atoms with van der Waals surface area (Å²) in [5, 5.41) is 12.3. The normalized spacial score (nSPS) is 11.4. The summed E-state index contributed by atoms with van der Waals surface area (Å²) in [6, 6.07) is 19.9. The van der Waals surface area contributed by atoms with Gasteiger partial charge >= 0.3 is 5.97 Å². The first kappa shape index (κ1) is 18.6. The zero-order chi connectivity index (χ0) is 20.1. The molecule has 2 aromatic carbocycles. The van der Waals surface area contributed by atoms with Crippen LogP contribution in [0.3, 0.4) is 0 Å². The zero-order valence-electron chi connectivity index (χ0n) is 15.1. The first-order valence-electron chi connectivity index (χ1n) is 8.72. The second-order valence-corrected chi connectivity index (χ2v) is 6.40. The molecule has 0 unspecified atom stereocenters. The van der Waals surface area contributed by atoms with E-state index < -0.39 is 5.97 Å². The molecule has 0 radical (unpaired) electrons. The molecule has 0 bridgehead atoms. The second kappa shape index (κ2) is 8.53. The number of rotatable bonds is 6. The van der Waals surface area contributed by atoms with Crippen molar-refractivity contribution in [3.63, 3.8) is 0 Å². The van der Waals surface area contributed by atoms with Crippen molar-refractivity contribution in [2.24, 2.45) is 0 Å². The molecular weight excluding hydrogens is 392 g/mol. The molecule has 2 heterocycles. The van der Waals surface area contributed by atoms with E-state index in [0.717, 1.165) is 5.56 Å². The summed E-state index contributed by atoms with van der Waals surface area (Å²) >= 11 is 6.15. The van der Waals surface area contributed by atoms with Crippen molar-refractivity contribution < 1.29 is 13.9 Å². The summed E-state index contributed by atoms with van der Waals surface area (Å²) in [6.07, 6.45) is 3.04. The van der Waals surface area contributed by atoms with Gasteiger partial charge in [-0.05, 0) is 28.6 Å². The molecule has 0 N–H and O–H groups in total. The molecule has 144 valence electrons. The van der Waals surface area contributed by atoms with Crippen LogP contribution in [0.25, 0.3) is 23.2 Å². The molecule has 0 saturated carbocycles. The van der Waals surface area contributed by atoms with E-state index in [1.165, 1.54) is 17.0 Å². The predicted molar refractivity (Wildman–Crippen MR) is 107 cm³/mol. The Morgan fingerprint density at radius 3 is 2.62 bits per heavy atom. The molecule has 4 rings (SSSR count). The van der Waals surface area contributed by atoms with E-state index in [2.05, 4.69) is 15.5 Å². The van der Waals surface area contributed by atoms with Crippen LogP contribution in [0.2, 0.25) is 5.02 Å². The number of carbonyl (C=O) groups excluding carboxylic acids is 1. The van der Waals surface area contributed by atoms with Crippen LogP contribution in [0.5, 0.6) is 0 Å². The Labute approximate surface area is 171 Å². The molecule has 2 aromatic heterocycles. The van der Waals surface area contributed by atoms with Gasteiger partial charge < -0.3 is 9.15 Å². The van der Waals surface area contributed by atoms with Crippen LogP contribution in [0.4, 0.5) is 0 Å². The van der Waals surface area contributed by atoms with Crippen molar-refractivity contribution in [1.29, 1.82) is 0 Å². The van der Waals surface area contributed by atoms with E-state index in [0.29, 0.717) is 22.2 Å². The second-order valence-electron chi connectivity index (χ2n) is 5.99. The maximum absolute atomic E-state index is 12.9. The van der Waals surface area contributed by atoms with E-state index in [4.69, 9.17) is 20.8 Å². The average Bonchev–Trinajstić information content (AvgIpc) is 3.44. The summed E-state index contributed by atoms with van der Waals surface area (Å²) in [5.74, 6) is 0.244. The third-order valence-corrected chi connectivity index (χ3v) is 4.45. The van der Waals surface area contributed by atoms with Gasteiger partial charge in [0, 0.05) is 22.2 Å². The highest BCUT2D eigenvalue weighted by atomic mass is 35.5. The molecule has 0 aliphatic heterocycles. The van der Waals surface area contributed by atoms with Gasteiger partial charge in [0.2, 0.25) is 0 Å². The van der Waals surface area contributed by atoms with Crippen LogP contribution in [0, 0.1) is 0 Å². The van der Waals surface area contributed by atoms with Crippen molar-refractivity contribution in [3.8, 4) is 11.4 Å². The van der Waals surface area contributed by atoms with Crippen molar-refractivity contribution in [3.05, 3.63) is 89.3 Å². The Hall–Kier alpha value is -3.71. The van der Waals surface area contributed by atoms with Crippen molar-refractivity contribution in [2.75, 3.05) is 0 Å². The van der Waals surface area contributed by atoms with Gasteiger partial charge in [-0.25, -0.2) is 4.79 Å². The lowest BCUT2D eigenvalue weighted by Gasteiger charge is -2.10. The van der Waals surface area contributed by atoms with Crippen LogP contribution >= 0.6 is 11.6 Å². The van der Waals surface area contributed by atoms with Gasteiger partial charge in [0.05, 0.1) is 6.26 Å². The number of carbonyl (C=O) groups is 1. The summed E-state index contributed by atoms with van der Waals surface area (Å²) in [7, 11) is 0. The number of nitrogens with zero attached hydrogens (tertiary/aromatic N) is 4. The van der Waals surface area contributed by atoms with E-state index in [-0.39, 0.29) is 12.3 Å². The van der Waals surface area contributed by atoms with E-state index in [9.17, 15) is 4.79 Å². The fourth-order valence-electron chi connectivity index (χ4n) is 2.66. The minimum absolute atomic E-state index is 0.0107. The van der Waals surface area contributed by atoms with E-state index >= 15 is 0 Å². The maximum atomic E-state index is 12.9. The van der Waals surface area contributed by atoms with Crippen LogP contribution in [-0.2, 0) is 16.1 Å². The number of esters is 1. The standard InChI is InChI=1S/C21H15ClN4O3/c22-18-11-5-4-9-16(18)14-29-21(27)19(13-17-10-6-12-28-17)26-20(23-24-25-26)15-7-2-1-3-8-15/h1-13H,14H2/b19-13-. The number of hydrogen-bond donors (Lipinski definition) is 0. The highest BCUT2D eigenvalue weighted by molar-refractivity contribution is 6.31. The van der Waals surface area contributed by atoms with Gasteiger partial charge in [-0.3, -0.25) is 0 Å². The maximum Gasteiger partial charge on any atom is 0.357 e. The lowest BCUT2D eigenvalue weighted by atomic mass is 10.2. The highest BCUT2D eigenvalue weighted by Gasteiger charge is 2.21. The Morgan fingerprint density at radius 2 is 1.86 bits per heavy atom. The van der Waals surface area contributed by atoms with Crippen LogP contribution in [0.15, 0.2) is 77.4 Å². The number of ether oxygens (including phenoxy) is 1. The van der Waals surface area contributed by atoms with E-state index in [1.807, 2.05) is 42.5 Å². The summed E-state index contributed by atoms with van der Waals surface area (Å²) in [5.41, 5.74) is 1.55. The van der Waals surface area contributed by atoms with Gasteiger partial charge in [0.1, 0.15) is 12.4 Å². The molecular formula is C21H15ClN4O3. The Balaban J connectivity index is 1.68. The summed E-state index contributed by atoms with van der Waals surface area (Å²) in [4.78, 5) is 12.9. The molecule has 0 aliphatic rings. The Kier molecular flexibility index (Phi) is 5.49. The van der Waals surface area contributed by atoms with Gasteiger partial charge in [-0.15, -0.1) is 5.10 Å². The van der Waals surface area contributed by atoms with Gasteiger partial charge in [-0.1, -0.05) is 60.1 Å². The van der Waals surface area contributed by atoms with Crippen LogP contribution in [-0.4, -0.2) is 26.2 Å². The van der Waals surface area contributed by atoms with Crippen LogP contribution in [0.1, 0.15) is 11.3 Å². The number of hydrogen-bond acceptors (Lipinski definition) is 6. The first-order valence-corrected chi connectivity index (χ1v) is 9.10. The number of benzene rings is 2. The molecule has 4 aromatic rings. The third kappa shape index (κ3) is 4.25. The molecule has 0 spiro atoms. The van der Waals surface area contributed by atoms with Gasteiger partial charge in [0.15, 0.2) is 11.5 Å². The molecule has 0 amide bonds. The lowest BCUT2D eigenvalue weighted by Crippen LogP contribution is -2.15. The van der Waals surface area contributed by atoms with E-state index in [1.54, 1.807) is 24.3 Å². The molecule has 0 saturated heterocycles. The SMILES string of the molecule is O=C(OCc1ccccc1Cl)/C(=C/c1ccco1)n1nnnc1-c1ccccc1. The van der Waals surface area contributed by atoms with Gasteiger partial charge in [-0.2, -0.15) is 4.68 Å².